The molecule has 0 fully saturated rings. The molecule has 0 aromatic heterocycles. The highest BCUT2D eigenvalue weighted by Crippen LogP contribution is 2.21. The summed E-state index contributed by atoms with van der Waals surface area (Å²) < 4.78 is 0.827. The number of nitrogens with two attached hydrogens (primary N) is 2. The predicted octanol–water partition coefficient (Wildman–Crippen LogP) is 2.66. The normalized spacial score (nSPS) is 10.4. The first-order valence-electron chi connectivity index (χ1n) is 6.71. The van der Waals surface area contributed by atoms with Crippen molar-refractivity contribution in [1.29, 1.82) is 0 Å². The lowest BCUT2D eigenvalue weighted by Gasteiger charge is -2.11. The topological polar surface area (TPSA) is 81.1 Å². The van der Waals surface area contributed by atoms with Crippen molar-refractivity contribution in [1.82, 2.24) is 0 Å². The molecule has 21 heavy (non-hydrogen) atoms. The molecule has 110 valence electrons. The molecule has 1 amide bonds. The molecule has 0 aliphatic heterocycles. The molecular weight excluding hydrogens is 330 g/mol. The maximum Gasteiger partial charge on any atom is 0.250 e. The first-order valence-corrected chi connectivity index (χ1v) is 7.50. The van der Waals surface area contributed by atoms with Gasteiger partial charge in [0.1, 0.15) is 0 Å². The van der Waals surface area contributed by atoms with Gasteiger partial charge in [0.2, 0.25) is 0 Å². The molecule has 0 atom stereocenters. The van der Waals surface area contributed by atoms with Crippen LogP contribution < -0.4 is 16.8 Å². The Balaban J connectivity index is 2.07. The predicted molar refractivity (Wildman–Crippen MR) is 89.2 cm³/mol. The van der Waals surface area contributed by atoms with Crippen molar-refractivity contribution in [3.63, 3.8) is 0 Å². The number of rotatable bonds is 6. The first kappa shape index (κ1) is 15.5. The molecule has 4 nitrogen and oxygen atoms in total. The Kier molecular flexibility index (Phi) is 5.36. The van der Waals surface area contributed by atoms with Gasteiger partial charge >= 0.3 is 0 Å². The highest BCUT2D eigenvalue weighted by atomic mass is 79.9. The number of amides is 1. The summed E-state index contributed by atoms with van der Waals surface area (Å²) in [5.74, 6) is -0.447. The van der Waals surface area contributed by atoms with Crippen molar-refractivity contribution < 1.29 is 4.79 Å². The van der Waals surface area contributed by atoms with Gasteiger partial charge in [-0.25, -0.2) is 0 Å². The fourth-order valence-corrected chi connectivity index (χ4v) is 2.42. The number of carbonyl (C=O) groups excluding carboxylic acids is 1. The van der Waals surface area contributed by atoms with E-state index in [-0.39, 0.29) is 0 Å². The molecule has 0 aliphatic carbocycles. The van der Waals surface area contributed by atoms with E-state index in [1.807, 2.05) is 12.1 Å². The second kappa shape index (κ2) is 7.24. The Morgan fingerprint density at radius 2 is 1.76 bits per heavy atom. The number of benzene rings is 2. The van der Waals surface area contributed by atoms with E-state index >= 15 is 0 Å². The van der Waals surface area contributed by atoms with Crippen molar-refractivity contribution >= 4 is 27.5 Å². The number of anilines is 1. The molecule has 0 saturated carbocycles. The Morgan fingerprint density at radius 3 is 2.38 bits per heavy atom. The van der Waals surface area contributed by atoms with Crippen LogP contribution in [0.3, 0.4) is 0 Å². The van der Waals surface area contributed by atoms with Crippen LogP contribution in [0.1, 0.15) is 21.5 Å². The Labute approximate surface area is 132 Å². The van der Waals surface area contributed by atoms with Crippen LogP contribution in [0.25, 0.3) is 0 Å². The fraction of sp³-hybridized carbons (Fsp3) is 0.188. The molecule has 2 rings (SSSR count). The number of carbonyl (C=O) groups is 1. The number of primary amides is 1. The first-order chi connectivity index (χ1) is 10.1. The summed E-state index contributed by atoms with van der Waals surface area (Å²) in [6, 6.07) is 13.7. The van der Waals surface area contributed by atoms with Gasteiger partial charge in [-0.2, -0.15) is 0 Å². The van der Waals surface area contributed by atoms with Crippen LogP contribution in [0.2, 0.25) is 0 Å². The molecular formula is C16H18BrN3O. The third kappa shape index (κ3) is 4.31. The van der Waals surface area contributed by atoms with Crippen LogP contribution in [-0.4, -0.2) is 12.5 Å². The number of hydrogen-bond acceptors (Lipinski definition) is 3. The van der Waals surface area contributed by atoms with Gasteiger partial charge in [-0.05, 0) is 42.3 Å². The van der Waals surface area contributed by atoms with E-state index in [9.17, 15) is 4.79 Å². The van der Waals surface area contributed by atoms with Gasteiger partial charge in [-0.15, -0.1) is 0 Å². The van der Waals surface area contributed by atoms with Crippen molar-refractivity contribution in [2.24, 2.45) is 11.5 Å². The van der Waals surface area contributed by atoms with Gasteiger partial charge in [-0.1, -0.05) is 40.2 Å². The van der Waals surface area contributed by atoms with Gasteiger partial charge in [0.15, 0.2) is 0 Å². The van der Waals surface area contributed by atoms with E-state index in [1.165, 1.54) is 5.56 Å². The van der Waals surface area contributed by atoms with Gasteiger partial charge < -0.3 is 16.8 Å². The molecule has 0 radical (unpaired) electrons. The second-order valence-corrected chi connectivity index (χ2v) is 5.68. The summed E-state index contributed by atoms with van der Waals surface area (Å²) in [6.45, 7) is 1.28. The summed E-state index contributed by atoms with van der Waals surface area (Å²) in [6.07, 6.45) is 0.881. The Bertz CT molecular complexity index is 626. The third-order valence-corrected chi connectivity index (χ3v) is 3.68. The van der Waals surface area contributed by atoms with E-state index in [4.69, 9.17) is 11.5 Å². The smallest absolute Gasteiger partial charge is 0.250 e. The largest absolute Gasteiger partial charge is 0.380 e. The van der Waals surface area contributed by atoms with Gasteiger partial charge in [-0.3, -0.25) is 4.79 Å². The fourth-order valence-electron chi connectivity index (χ4n) is 2.06. The Morgan fingerprint density at radius 1 is 1.10 bits per heavy atom. The lowest BCUT2D eigenvalue weighted by atomic mass is 10.1. The second-order valence-electron chi connectivity index (χ2n) is 4.76. The number of halogens is 1. The molecule has 0 heterocycles. The molecule has 0 aliphatic rings. The standard InChI is InChI=1S/C16H18BrN3O/c17-13-5-6-15(14(9-13)16(19)21)20-10-12-3-1-11(2-4-12)7-8-18/h1-6,9,20H,7-8,10,18H2,(H2,19,21). The van der Waals surface area contributed by atoms with E-state index in [2.05, 4.69) is 45.5 Å². The lowest BCUT2D eigenvalue weighted by molar-refractivity contribution is 0.100. The highest BCUT2D eigenvalue weighted by molar-refractivity contribution is 9.10. The van der Waals surface area contributed by atoms with E-state index in [1.54, 1.807) is 6.07 Å². The molecule has 5 N–H and O–H groups in total. The van der Waals surface area contributed by atoms with Gasteiger partial charge in [0, 0.05) is 16.7 Å². The van der Waals surface area contributed by atoms with Crippen molar-refractivity contribution in [3.05, 3.63) is 63.6 Å². The van der Waals surface area contributed by atoms with Crippen LogP contribution in [-0.2, 0) is 13.0 Å². The quantitative estimate of drug-likeness (QED) is 0.751. The van der Waals surface area contributed by atoms with E-state index < -0.39 is 5.91 Å². The molecule has 2 aromatic carbocycles. The van der Waals surface area contributed by atoms with Crippen molar-refractivity contribution in [2.45, 2.75) is 13.0 Å². The average Bonchev–Trinajstić information content (AvgIpc) is 2.47. The SMILES string of the molecule is NCCc1ccc(CNc2ccc(Br)cc2C(N)=O)cc1. The summed E-state index contributed by atoms with van der Waals surface area (Å²) in [5.41, 5.74) is 14.5. The van der Waals surface area contributed by atoms with Crippen LogP contribution >= 0.6 is 15.9 Å². The summed E-state index contributed by atoms with van der Waals surface area (Å²) in [5, 5.41) is 3.24. The number of nitrogens with one attached hydrogen (secondary N) is 1. The maximum atomic E-state index is 11.5. The van der Waals surface area contributed by atoms with Crippen LogP contribution in [0.15, 0.2) is 46.9 Å². The van der Waals surface area contributed by atoms with Crippen LogP contribution in [0.4, 0.5) is 5.69 Å². The average molecular weight is 348 g/mol. The monoisotopic (exact) mass is 347 g/mol. The summed E-state index contributed by atoms with van der Waals surface area (Å²) in [7, 11) is 0. The molecule has 5 heteroatoms. The zero-order chi connectivity index (χ0) is 15.2. The molecule has 2 aromatic rings. The zero-order valence-electron chi connectivity index (χ0n) is 11.6. The maximum absolute atomic E-state index is 11.5. The van der Waals surface area contributed by atoms with E-state index in [0.29, 0.717) is 18.7 Å². The molecule has 0 spiro atoms. The summed E-state index contributed by atoms with van der Waals surface area (Å²) >= 11 is 3.34. The lowest BCUT2D eigenvalue weighted by Crippen LogP contribution is -2.14. The summed E-state index contributed by atoms with van der Waals surface area (Å²) in [4.78, 5) is 11.5. The number of hydrogen-bond donors (Lipinski definition) is 3. The van der Waals surface area contributed by atoms with Crippen LogP contribution in [0, 0.1) is 0 Å². The zero-order valence-corrected chi connectivity index (χ0v) is 13.2. The minimum atomic E-state index is -0.447. The minimum absolute atomic E-state index is 0.447. The van der Waals surface area contributed by atoms with Crippen molar-refractivity contribution in [2.75, 3.05) is 11.9 Å². The van der Waals surface area contributed by atoms with E-state index in [0.717, 1.165) is 22.1 Å². The van der Waals surface area contributed by atoms with Crippen LogP contribution in [0.5, 0.6) is 0 Å². The van der Waals surface area contributed by atoms with Gasteiger partial charge in [0.05, 0.1) is 5.56 Å². The highest BCUT2D eigenvalue weighted by Gasteiger charge is 2.08. The minimum Gasteiger partial charge on any atom is -0.380 e. The molecule has 0 unspecified atom stereocenters. The van der Waals surface area contributed by atoms with Crippen molar-refractivity contribution in [3.8, 4) is 0 Å². The third-order valence-electron chi connectivity index (χ3n) is 3.19. The Hall–Kier alpha value is -1.85. The molecule has 0 saturated heterocycles. The molecule has 0 bridgehead atoms. The van der Waals surface area contributed by atoms with Gasteiger partial charge in [0.25, 0.3) is 5.91 Å².